The Bertz CT molecular complexity index is 149. The molecule has 0 aliphatic carbocycles. The van der Waals surface area contributed by atoms with E-state index < -0.39 is 0 Å². The number of nitriles is 1. The van der Waals surface area contributed by atoms with E-state index in [0.717, 1.165) is 6.54 Å². The number of rotatable bonds is 9. The number of unbranched alkanes of at least 4 members (excludes halogenated alkanes) is 6. The minimum absolute atomic E-state index is 0.565. The van der Waals surface area contributed by atoms with Crippen LogP contribution in [0.3, 0.4) is 0 Å². The maximum atomic E-state index is 8.44. The van der Waals surface area contributed by atoms with Gasteiger partial charge in [-0.2, -0.15) is 5.26 Å². The van der Waals surface area contributed by atoms with Crippen molar-refractivity contribution in [2.75, 3.05) is 20.1 Å². The van der Waals surface area contributed by atoms with Crippen molar-refractivity contribution >= 4 is 0 Å². The molecule has 0 saturated carbocycles. The van der Waals surface area contributed by atoms with E-state index in [1.165, 1.54) is 44.9 Å². The van der Waals surface area contributed by atoms with Crippen molar-refractivity contribution in [3.8, 4) is 6.07 Å². The third-order valence-corrected chi connectivity index (χ3v) is 2.48. The monoisotopic (exact) mass is 196 g/mol. The van der Waals surface area contributed by atoms with Gasteiger partial charge < -0.3 is 0 Å². The standard InChI is InChI=1S/C12H24N2/c1-3-4-5-6-7-8-9-11-14(2)12-10-13/h3-9,11-12H2,1-2H3. The zero-order chi connectivity index (χ0) is 10.6. The van der Waals surface area contributed by atoms with Crippen LogP contribution in [-0.2, 0) is 0 Å². The summed E-state index contributed by atoms with van der Waals surface area (Å²) in [7, 11) is 2.01. The predicted octanol–water partition coefficient (Wildman–Crippen LogP) is 3.19. The molecule has 0 spiro atoms. The van der Waals surface area contributed by atoms with Crippen LogP contribution in [0.5, 0.6) is 0 Å². The van der Waals surface area contributed by atoms with Gasteiger partial charge in [0.05, 0.1) is 12.6 Å². The van der Waals surface area contributed by atoms with Crippen molar-refractivity contribution in [2.45, 2.75) is 51.9 Å². The van der Waals surface area contributed by atoms with Gasteiger partial charge >= 0.3 is 0 Å². The van der Waals surface area contributed by atoms with Gasteiger partial charge in [0.2, 0.25) is 0 Å². The summed E-state index contributed by atoms with van der Waals surface area (Å²) in [6.07, 6.45) is 9.41. The predicted molar refractivity (Wildman–Crippen MR) is 61.1 cm³/mol. The molecule has 14 heavy (non-hydrogen) atoms. The van der Waals surface area contributed by atoms with Crippen molar-refractivity contribution in [3.63, 3.8) is 0 Å². The molecule has 2 nitrogen and oxygen atoms in total. The molecule has 0 unspecified atom stereocenters. The Balaban J connectivity index is 3.02. The Kier molecular flexibility index (Phi) is 10.1. The summed E-state index contributed by atoms with van der Waals surface area (Å²) in [5, 5.41) is 8.44. The highest BCUT2D eigenvalue weighted by molar-refractivity contribution is 4.73. The lowest BCUT2D eigenvalue weighted by atomic mass is 10.1. The molecule has 0 rings (SSSR count). The molecule has 0 atom stereocenters. The largest absolute Gasteiger partial charge is 0.294 e. The highest BCUT2D eigenvalue weighted by atomic mass is 15.1. The molecule has 0 heterocycles. The fourth-order valence-electron chi connectivity index (χ4n) is 1.54. The Morgan fingerprint density at radius 3 is 2.14 bits per heavy atom. The summed E-state index contributed by atoms with van der Waals surface area (Å²) >= 11 is 0. The molecule has 0 aliphatic rings. The van der Waals surface area contributed by atoms with E-state index in [1.807, 2.05) is 7.05 Å². The molecule has 0 N–H and O–H groups in total. The molecule has 0 aliphatic heterocycles. The first kappa shape index (κ1) is 13.4. The van der Waals surface area contributed by atoms with E-state index in [4.69, 9.17) is 5.26 Å². The maximum Gasteiger partial charge on any atom is 0.0863 e. The molecular weight excluding hydrogens is 172 g/mol. The topological polar surface area (TPSA) is 27.0 Å². The van der Waals surface area contributed by atoms with Gasteiger partial charge in [0.1, 0.15) is 0 Å². The lowest BCUT2D eigenvalue weighted by Gasteiger charge is -2.11. The molecule has 0 aromatic heterocycles. The summed E-state index contributed by atoms with van der Waals surface area (Å²) in [6.45, 7) is 3.88. The second-order valence-electron chi connectivity index (χ2n) is 4.02. The number of nitrogens with zero attached hydrogens (tertiary/aromatic N) is 2. The Morgan fingerprint density at radius 2 is 1.57 bits per heavy atom. The smallest absolute Gasteiger partial charge is 0.0863 e. The SMILES string of the molecule is CCCCCCCCCN(C)CC#N. The van der Waals surface area contributed by atoms with Crippen LogP contribution in [0, 0.1) is 11.3 Å². The average Bonchev–Trinajstić information content (AvgIpc) is 2.17. The Labute approximate surface area is 88.9 Å². The third kappa shape index (κ3) is 9.54. The van der Waals surface area contributed by atoms with Gasteiger partial charge in [-0.05, 0) is 20.0 Å². The Hall–Kier alpha value is -0.550. The molecule has 0 aromatic rings. The maximum absolute atomic E-state index is 8.44. The Morgan fingerprint density at radius 1 is 1.00 bits per heavy atom. The van der Waals surface area contributed by atoms with Crippen molar-refractivity contribution in [1.82, 2.24) is 4.90 Å². The molecule has 0 fully saturated rings. The van der Waals surface area contributed by atoms with E-state index in [2.05, 4.69) is 17.9 Å². The van der Waals surface area contributed by atoms with Crippen molar-refractivity contribution in [3.05, 3.63) is 0 Å². The first-order chi connectivity index (χ1) is 6.81. The lowest BCUT2D eigenvalue weighted by Crippen LogP contribution is -2.19. The lowest BCUT2D eigenvalue weighted by molar-refractivity contribution is 0.359. The molecule has 0 amide bonds. The fraction of sp³-hybridized carbons (Fsp3) is 0.917. The van der Waals surface area contributed by atoms with Crippen LogP contribution in [0.15, 0.2) is 0 Å². The second kappa shape index (κ2) is 10.5. The van der Waals surface area contributed by atoms with Gasteiger partial charge in [-0.15, -0.1) is 0 Å². The zero-order valence-electron chi connectivity index (χ0n) is 9.76. The summed E-state index contributed by atoms with van der Waals surface area (Å²) in [5.41, 5.74) is 0. The quantitative estimate of drug-likeness (QED) is 0.418. The van der Waals surface area contributed by atoms with Crippen molar-refractivity contribution in [2.24, 2.45) is 0 Å². The van der Waals surface area contributed by atoms with Crippen molar-refractivity contribution in [1.29, 1.82) is 5.26 Å². The number of hydrogen-bond acceptors (Lipinski definition) is 2. The van der Waals surface area contributed by atoms with Gasteiger partial charge in [0.15, 0.2) is 0 Å². The van der Waals surface area contributed by atoms with Gasteiger partial charge in [-0.3, -0.25) is 4.90 Å². The molecule has 82 valence electrons. The van der Waals surface area contributed by atoms with Gasteiger partial charge in [0.25, 0.3) is 0 Å². The van der Waals surface area contributed by atoms with Crippen LogP contribution < -0.4 is 0 Å². The first-order valence-corrected chi connectivity index (χ1v) is 5.86. The summed E-state index contributed by atoms with van der Waals surface area (Å²) in [6, 6.07) is 2.16. The zero-order valence-corrected chi connectivity index (χ0v) is 9.76. The molecule has 0 bridgehead atoms. The van der Waals surface area contributed by atoms with E-state index in [1.54, 1.807) is 0 Å². The van der Waals surface area contributed by atoms with Gasteiger partial charge in [0, 0.05) is 0 Å². The van der Waals surface area contributed by atoms with Crippen LogP contribution in [0.25, 0.3) is 0 Å². The first-order valence-electron chi connectivity index (χ1n) is 5.86. The van der Waals surface area contributed by atoms with E-state index >= 15 is 0 Å². The van der Waals surface area contributed by atoms with E-state index in [9.17, 15) is 0 Å². The molecule has 0 saturated heterocycles. The molecule has 2 heteroatoms. The van der Waals surface area contributed by atoms with Crippen LogP contribution in [0.1, 0.15) is 51.9 Å². The highest BCUT2D eigenvalue weighted by Gasteiger charge is 1.96. The molecular formula is C12H24N2. The number of hydrogen-bond donors (Lipinski definition) is 0. The summed E-state index contributed by atoms with van der Waals surface area (Å²) in [5.74, 6) is 0. The molecule has 0 aromatic carbocycles. The minimum Gasteiger partial charge on any atom is -0.294 e. The third-order valence-electron chi connectivity index (χ3n) is 2.48. The van der Waals surface area contributed by atoms with Gasteiger partial charge in [-0.1, -0.05) is 45.4 Å². The second-order valence-corrected chi connectivity index (χ2v) is 4.02. The molecule has 0 radical (unpaired) electrons. The average molecular weight is 196 g/mol. The summed E-state index contributed by atoms with van der Waals surface area (Å²) in [4.78, 5) is 2.09. The van der Waals surface area contributed by atoms with Crippen molar-refractivity contribution < 1.29 is 0 Å². The minimum atomic E-state index is 0.565. The van der Waals surface area contributed by atoms with E-state index in [-0.39, 0.29) is 0 Å². The van der Waals surface area contributed by atoms with Crippen LogP contribution in [0.4, 0.5) is 0 Å². The van der Waals surface area contributed by atoms with Crippen LogP contribution in [-0.4, -0.2) is 25.0 Å². The summed E-state index contributed by atoms with van der Waals surface area (Å²) < 4.78 is 0. The van der Waals surface area contributed by atoms with Gasteiger partial charge in [-0.25, -0.2) is 0 Å². The normalized spacial score (nSPS) is 10.4. The van der Waals surface area contributed by atoms with Crippen LogP contribution in [0.2, 0.25) is 0 Å². The highest BCUT2D eigenvalue weighted by Crippen LogP contribution is 2.06. The van der Waals surface area contributed by atoms with E-state index in [0.29, 0.717) is 6.54 Å². The fourth-order valence-corrected chi connectivity index (χ4v) is 1.54. The van der Waals surface area contributed by atoms with Crippen LogP contribution >= 0.6 is 0 Å².